The van der Waals surface area contributed by atoms with Gasteiger partial charge in [-0.3, -0.25) is 0 Å². The van der Waals surface area contributed by atoms with Crippen molar-refractivity contribution in [3.63, 3.8) is 0 Å². The van der Waals surface area contributed by atoms with E-state index in [1.54, 1.807) is 6.20 Å². The molecule has 0 bridgehead atoms. The first kappa shape index (κ1) is 9.59. The maximum Gasteiger partial charge on any atom is 0.205 e. The van der Waals surface area contributed by atoms with Crippen molar-refractivity contribution in [2.24, 2.45) is 0 Å². The molecule has 0 spiro atoms. The van der Waals surface area contributed by atoms with Crippen molar-refractivity contribution in [2.45, 2.75) is 13.0 Å². The van der Waals surface area contributed by atoms with Crippen LogP contribution in [0.2, 0.25) is 0 Å². The van der Waals surface area contributed by atoms with E-state index in [2.05, 4.69) is 32.1 Å². The predicted molar refractivity (Wildman–Crippen MR) is 63.6 cm³/mol. The molecule has 5 heteroatoms. The van der Waals surface area contributed by atoms with E-state index < -0.39 is 0 Å². The van der Waals surface area contributed by atoms with Gasteiger partial charge in [0.2, 0.25) is 5.95 Å². The van der Waals surface area contributed by atoms with E-state index in [0.717, 1.165) is 36.7 Å². The first-order valence-corrected chi connectivity index (χ1v) is 5.62. The normalized spacial score (nSPS) is 21.6. The minimum atomic E-state index is 0.509. The van der Waals surface area contributed by atoms with Crippen molar-refractivity contribution in [1.82, 2.24) is 20.3 Å². The van der Waals surface area contributed by atoms with E-state index in [1.807, 2.05) is 12.1 Å². The number of rotatable bonds is 1. The molecule has 1 aliphatic rings. The fraction of sp³-hybridized carbons (Fsp3) is 0.455. The smallest absolute Gasteiger partial charge is 0.205 e. The molecule has 5 nitrogen and oxygen atoms in total. The third kappa shape index (κ3) is 1.63. The highest BCUT2D eigenvalue weighted by Gasteiger charge is 2.18. The summed E-state index contributed by atoms with van der Waals surface area (Å²) in [6, 6.07) is 4.43. The standard InChI is InChI=1S/C11H15N5/c1-8-7-16(6-5-12-8)11-14-9-3-2-4-13-10(9)15-11/h2-4,8,12H,5-7H2,1H3,(H,13,14,15). The lowest BCUT2D eigenvalue weighted by molar-refractivity contribution is 0.480. The average molecular weight is 217 g/mol. The Bertz CT molecular complexity index is 459. The van der Waals surface area contributed by atoms with Crippen LogP contribution in [0.4, 0.5) is 5.95 Å². The number of fused-ring (bicyclic) bond motifs is 1. The Morgan fingerprint density at radius 2 is 2.44 bits per heavy atom. The molecular formula is C11H15N5. The molecule has 0 aliphatic carbocycles. The number of hydrogen-bond acceptors (Lipinski definition) is 4. The van der Waals surface area contributed by atoms with Crippen LogP contribution in [0.25, 0.3) is 11.2 Å². The molecule has 84 valence electrons. The zero-order valence-electron chi connectivity index (χ0n) is 9.27. The summed E-state index contributed by atoms with van der Waals surface area (Å²) in [5, 5.41) is 3.42. The molecule has 0 amide bonds. The summed E-state index contributed by atoms with van der Waals surface area (Å²) in [5.74, 6) is 0.932. The Labute approximate surface area is 93.9 Å². The highest BCUT2D eigenvalue weighted by Crippen LogP contribution is 2.16. The molecule has 2 aromatic rings. The lowest BCUT2D eigenvalue weighted by Gasteiger charge is -2.31. The van der Waals surface area contributed by atoms with Crippen molar-refractivity contribution in [3.05, 3.63) is 18.3 Å². The number of imidazole rings is 1. The first-order chi connectivity index (χ1) is 7.83. The minimum absolute atomic E-state index is 0.509. The summed E-state index contributed by atoms with van der Waals surface area (Å²) in [7, 11) is 0. The molecule has 0 radical (unpaired) electrons. The topological polar surface area (TPSA) is 56.8 Å². The summed E-state index contributed by atoms with van der Waals surface area (Å²) < 4.78 is 0. The minimum Gasteiger partial charge on any atom is -0.340 e. The molecule has 0 aromatic carbocycles. The van der Waals surface area contributed by atoms with Crippen molar-refractivity contribution in [2.75, 3.05) is 24.5 Å². The van der Waals surface area contributed by atoms with Crippen LogP contribution in [0, 0.1) is 0 Å². The summed E-state index contributed by atoms with van der Waals surface area (Å²) >= 11 is 0. The second-order valence-corrected chi connectivity index (χ2v) is 4.24. The summed E-state index contributed by atoms with van der Waals surface area (Å²) in [4.78, 5) is 14.3. The molecule has 1 saturated heterocycles. The van der Waals surface area contributed by atoms with Gasteiger partial charge < -0.3 is 15.2 Å². The molecule has 2 N–H and O–H groups in total. The van der Waals surface area contributed by atoms with Gasteiger partial charge >= 0.3 is 0 Å². The number of anilines is 1. The van der Waals surface area contributed by atoms with Crippen LogP contribution < -0.4 is 10.2 Å². The van der Waals surface area contributed by atoms with E-state index in [1.165, 1.54) is 0 Å². The first-order valence-electron chi connectivity index (χ1n) is 5.62. The van der Waals surface area contributed by atoms with Gasteiger partial charge in [-0.1, -0.05) is 0 Å². The van der Waals surface area contributed by atoms with Gasteiger partial charge in [0.05, 0.1) is 5.52 Å². The monoisotopic (exact) mass is 217 g/mol. The van der Waals surface area contributed by atoms with Crippen molar-refractivity contribution in [1.29, 1.82) is 0 Å². The number of piperazine rings is 1. The van der Waals surface area contributed by atoms with Crippen LogP contribution in [0.5, 0.6) is 0 Å². The molecule has 1 atom stereocenters. The highest BCUT2D eigenvalue weighted by molar-refractivity contribution is 5.73. The quantitative estimate of drug-likeness (QED) is 0.740. The summed E-state index contributed by atoms with van der Waals surface area (Å²) in [6.45, 7) is 5.17. The van der Waals surface area contributed by atoms with E-state index in [-0.39, 0.29) is 0 Å². The van der Waals surface area contributed by atoms with Gasteiger partial charge in [0.25, 0.3) is 0 Å². The third-order valence-electron chi connectivity index (χ3n) is 2.91. The average Bonchev–Trinajstić information content (AvgIpc) is 2.72. The van der Waals surface area contributed by atoms with Gasteiger partial charge in [0, 0.05) is 31.9 Å². The predicted octanol–water partition coefficient (Wildman–Crippen LogP) is 0.756. The summed E-state index contributed by atoms with van der Waals surface area (Å²) in [5.41, 5.74) is 1.80. The van der Waals surface area contributed by atoms with Crippen molar-refractivity contribution in [3.8, 4) is 0 Å². The molecule has 1 aliphatic heterocycles. The fourth-order valence-electron chi connectivity index (χ4n) is 2.11. The van der Waals surface area contributed by atoms with Gasteiger partial charge in [0.1, 0.15) is 0 Å². The van der Waals surface area contributed by atoms with Gasteiger partial charge in [-0.15, -0.1) is 0 Å². The second-order valence-electron chi connectivity index (χ2n) is 4.24. The summed E-state index contributed by atoms with van der Waals surface area (Å²) in [6.07, 6.45) is 1.77. The number of hydrogen-bond donors (Lipinski definition) is 2. The van der Waals surface area contributed by atoms with E-state index in [9.17, 15) is 0 Å². The SMILES string of the molecule is CC1CN(c2nc3ncccc3[nH]2)CCN1. The van der Waals surface area contributed by atoms with Crippen LogP contribution in [0.1, 0.15) is 6.92 Å². The van der Waals surface area contributed by atoms with Crippen LogP contribution in [-0.4, -0.2) is 40.6 Å². The molecule has 3 heterocycles. The Morgan fingerprint density at radius 3 is 3.25 bits per heavy atom. The Morgan fingerprint density at radius 1 is 1.50 bits per heavy atom. The van der Waals surface area contributed by atoms with Crippen LogP contribution in [0.15, 0.2) is 18.3 Å². The molecule has 0 saturated carbocycles. The third-order valence-corrected chi connectivity index (χ3v) is 2.91. The second kappa shape index (κ2) is 3.75. The molecule has 16 heavy (non-hydrogen) atoms. The lowest BCUT2D eigenvalue weighted by Crippen LogP contribution is -2.49. The number of aromatic amines is 1. The van der Waals surface area contributed by atoms with E-state index in [0.29, 0.717) is 6.04 Å². The Balaban J connectivity index is 1.93. The maximum absolute atomic E-state index is 4.50. The number of nitrogens with zero attached hydrogens (tertiary/aromatic N) is 3. The fourth-order valence-corrected chi connectivity index (χ4v) is 2.11. The number of pyridine rings is 1. The van der Waals surface area contributed by atoms with Crippen molar-refractivity contribution >= 4 is 17.1 Å². The zero-order chi connectivity index (χ0) is 11.0. The van der Waals surface area contributed by atoms with Crippen LogP contribution in [0.3, 0.4) is 0 Å². The van der Waals surface area contributed by atoms with Crippen LogP contribution >= 0.6 is 0 Å². The lowest BCUT2D eigenvalue weighted by atomic mass is 10.2. The van der Waals surface area contributed by atoms with Crippen molar-refractivity contribution < 1.29 is 0 Å². The highest BCUT2D eigenvalue weighted by atomic mass is 15.3. The van der Waals surface area contributed by atoms with Gasteiger partial charge in [-0.2, -0.15) is 4.98 Å². The van der Waals surface area contributed by atoms with Gasteiger partial charge in [-0.05, 0) is 19.1 Å². The molecule has 3 rings (SSSR count). The van der Waals surface area contributed by atoms with E-state index >= 15 is 0 Å². The molecule has 2 aromatic heterocycles. The number of aromatic nitrogens is 3. The van der Waals surface area contributed by atoms with E-state index in [4.69, 9.17) is 0 Å². The van der Waals surface area contributed by atoms with Crippen LogP contribution in [-0.2, 0) is 0 Å². The number of H-pyrrole nitrogens is 1. The maximum atomic E-state index is 4.50. The Kier molecular flexibility index (Phi) is 2.25. The van der Waals surface area contributed by atoms with Gasteiger partial charge in [0.15, 0.2) is 5.65 Å². The van der Waals surface area contributed by atoms with Gasteiger partial charge in [-0.25, -0.2) is 4.98 Å². The molecule has 1 fully saturated rings. The number of nitrogens with one attached hydrogen (secondary N) is 2. The molecule has 1 unspecified atom stereocenters. The zero-order valence-corrected chi connectivity index (χ0v) is 9.27. The Hall–Kier alpha value is -1.62. The largest absolute Gasteiger partial charge is 0.340 e. The molecular weight excluding hydrogens is 202 g/mol.